The molecule has 0 bridgehead atoms. The van der Waals surface area contributed by atoms with Crippen molar-refractivity contribution in [2.75, 3.05) is 13.1 Å². The quantitative estimate of drug-likeness (QED) is 0.286. The normalized spacial score (nSPS) is 14.8. The molecule has 0 saturated carbocycles. The first-order valence-corrected chi connectivity index (χ1v) is 11.7. The average molecular weight is 465 g/mol. The number of aliphatic imine (C=N–C) groups is 1. The molecule has 174 valence electrons. The van der Waals surface area contributed by atoms with Crippen LogP contribution in [0.1, 0.15) is 28.8 Å². The number of fused-ring (bicyclic) bond motifs is 1. The van der Waals surface area contributed by atoms with Crippen molar-refractivity contribution in [1.82, 2.24) is 14.5 Å². The molecule has 2 aromatic carbocycles. The van der Waals surface area contributed by atoms with Crippen molar-refractivity contribution in [3.05, 3.63) is 90.0 Å². The zero-order valence-corrected chi connectivity index (χ0v) is 19.5. The lowest BCUT2D eigenvalue weighted by molar-refractivity contribution is 0.0710. The number of terminal acetylenes is 1. The Kier molecular flexibility index (Phi) is 6.15. The smallest absolute Gasteiger partial charge is 0.255 e. The standard InChI is InChI=1S/C29H25FN4O/c1-3-26(32-27-10-5-4-7-20(27)2)21-11-14-33(15-12-21)29(35)23-17-22-13-16-34(28(22)31-19-23)25-9-6-8-24(30)18-25/h1,4-10,13,16-19,21H,11-12,14-15H2,2H3. The van der Waals surface area contributed by atoms with Gasteiger partial charge in [-0.1, -0.05) is 30.2 Å². The van der Waals surface area contributed by atoms with Gasteiger partial charge < -0.3 is 9.47 Å². The topological polar surface area (TPSA) is 50.5 Å². The third kappa shape index (κ3) is 4.58. The number of carbonyl (C=O) groups excluding carboxylic acids is 1. The van der Waals surface area contributed by atoms with Crippen LogP contribution in [0.2, 0.25) is 0 Å². The SMILES string of the molecule is C#CC(=Nc1ccccc1C)C1CCN(C(=O)c2cnc3c(ccn3-c3cccc(F)c3)c2)CC1. The van der Waals surface area contributed by atoms with Gasteiger partial charge in [0.25, 0.3) is 5.91 Å². The van der Waals surface area contributed by atoms with Crippen LogP contribution in [0.4, 0.5) is 10.1 Å². The average Bonchev–Trinajstić information content (AvgIpc) is 3.31. The van der Waals surface area contributed by atoms with E-state index in [1.54, 1.807) is 12.3 Å². The van der Waals surface area contributed by atoms with Crippen LogP contribution < -0.4 is 0 Å². The highest BCUT2D eigenvalue weighted by molar-refractivity contribution is 6.03. The summed E-state index contributed by atoms with van der Waals surface area (Å²) < 4.78 is 15.5. The number of benzene rings is 2. The molecule has 1 fully saturated rings. The minimum Gasteiger partial charge on any atom is -0.339 e. The molecule has 0 radical (unpaired) electrons. The first-order valence-electron chi connectivity index (χ1n) is 11.7. The summed E-state index contributed by atoms with van der Waals surface area (Å²) in [5.74, 6) is 2.57. The Hall–Kier alpha value is -4.24. The lowest BCUT2D eigenvalue weighted by Gasteiger charge is -2.31. The highest BCUT2D eigenvalue weighted by Gasteiger charge is 2.26. The number of para-hydroxylation sites is 1. The van der Waals surface area contributed by atoms with Gasteiger partial charge in [0.1, 0.15) is 11.5 Å². The van der Waals surface area contributed by atoms with E-state index in [9.17, 15) is 9.18 Å². The van der Waals surface area contributed by atoms with Gasteiger partial charge in [0.15, 0.2) is 0 Å². The maximum absolute atomic E-state index is 13.7. The molecule has 5 rings (SSSR count). The summed E-state index contributed by atoms with van der Waals surface area (Å²) in [7, 11) is 0. The summed E-state index contributed by atoms with van der Waals surface area (Å²) in [6, 6.07) is 18.0. The molecule has 3 heterocycles. The highest BCUT2D eigenvalue weighted by Crippen LogP contribution is 2.26. The fourth-order valence-corrected chi connectivity index (χ4v) is 4.57. The van der Waals surface area contributed by atoms with Gasteiger partial charge in [-0.2, -0.15) is 0 Å². The number of halogens is 1. The Morgan fingerprint density at radius 1 is 1.11 bits per heavy atom. The fraction of sp³-hybridized carbons (Fsp3) is 0.207. The van der Waals surface area contributed by atoms with Crippen LogP contribution in [-0.2, 0) is 0 Å². The number of nitrogens with zero attached hydrogens (tertiary/aromatic N) is 4. The number of pyridine rings is 1. The van der Waals surface area contributed by atoms with Gasteiger partial charge in [-0.25, -0.2) is 14.4 Å². The van der Waals surface area contributed by atoms with E-state index in [-0.39, 0.29) is 17.6 Å². The monoisotopic (exact) mass is 464 g/mol. The van der Waals surface area contributed by atoms with Crippen molar-refractivity contribution in [2.24, 2.45) is 10.9 Å². The van der Waals surface area contributed by atoms with Crippen LogP contribution in [0, 0.1) is 31.0 Å². The second kappa shape index (κ2) is 9.55. The van der Waals surface area contributed by atoms with Crippen LogP contribution >= 0.6 is 0 Å². The minimum atomic E-state index is -0.309. The molecular formula is C29H25FN4O. The van der Waals surface area contributed by atoms with E-state index < -0.39 is 0 Å². The predicted octanol–water partition coefficient (Wildman–Crippen LogP) is 5.73. The maximum Gasteiger partial charge on any atom is 0.255 e. The van der Waals surface area contributed by atoms with Crippen LogP contribution in [0.5, 0.6) is 0 Å². The molecular weight excluding hydrogens is 439 g/mol. The maximum atomic E-state index is 13.7. The fourth-order valence-electron chi connectivity index (χ4n) is 4.57. The number of aromatic nitrogens is 2. The molecule has 0 unspecified atom stereocenters. The van der Waals surface area contributed by atoms with Crippen LogP contribution in [0.3, 0.4) is 0 Å². The Morgan fingerprint density at radius 2 is 1.91 bits per heavy atom. The van der Waals surface area contributed by atoms with Crippen molar-refractivity contribution < 1.29 is 9.18 Å². The summed E-state index contributed by atoms with van der Waals surface area (Å²) in [6.07, 6.45) is 10.8. The molecule has 1 amide bonds. The van der Waals surface area contributed by atoms with E-state index in [0.717, 1.165) is 35.2 Å². The van der Waals surface area contributed by atoms with Gasteiger partial charge in [-0.15, -0.1) is 6.42 Å². The van der Waals surface area contributed by atoms with Gasteiger partial charge in [-0.05, 0) is 61.7 Å². The number of amides is 1. The number of hydrogen-bond donors (Lipinski definition) is 0. The van der Waals surface area contributed by atoms with Crippen LogP contribution in [-0.4, -0.2) is 39.2 Å². The molecule has 0 spiro atoms. The molecule has 0 atom stereocenters. The Bertz CT molecular complexity index is 1470. The van der Waals surface area contributed by atoms with Gasteiger partial charge in [-0.3, -0.25) is 4.79 Å². The molecule has 6 heteroatoms. The molecule has 1 aliphatic heterocycles. The molecule has 0 N–H and O–H groups in total. The molecule has 4 aromatic rings. The highest BCUT2D eigenvalue weighted by atomic mass is 19.1. The van der Waals surface area contributed by atoms with Crippen LogP contribution in [0.25, 0.3) is 16.7 Å². The first-order chi connectivity index (χ1) is 17.0. The largest absolute Gasteiger partial charge is 0.339 e. The Balaban J connectivity index is 1.30. The van der Waals surface area contributed by atoms with E-state index in [2.05, 4.69) is 10.9 Å². The summed E-state index contributed by atoms with van der Waals surface area (Å²) in [5, 5.41) is 0.829. The molecule has 1 aliphatic rings. The molecule has 0 aliphatic carbocycles. The third-order valence-electron chi connectivity index (χ3n) is 6.53. The predicted molar refractivity (Wildman–Crippen MR) is 137 cm³/mol. The van der Waals surface area contributed by atoms with E-state index >= 15 is 0 Å². The molecule has 35 heavy (non-hydrogen) atoms. The lowest BCUT2D eigenvalue weighted by Crippen LogP contribution is -2.40. The van der Waals surface area contributed by atoms with Gasteiger partial charge in [0.05, 0.1) is 17.0 Å². The van der Waals surface area contributed by atoms with Gasteiger partial charge in [0, 0.05) is 42.5 Å². The van der Waals surface area contributed by atoms with Crippen molar-refractivity contribution in [2.45, 2.75) is 19.8 Å². The van der Waals surface area contributed by atoms with Crippen molar-refractivity contribution in [3.63, 3.8) is 0 Å². The number of aryl methyl sites for hydroxylation is 1. The van der Waals surface area contributed by atoms with E-state index in [1.165, 1.54) is 12.1 Å². The minimum absolute atomic E-state index is 0.0468. The number of hydrogen-bond acceptors (Lipinski definition) is 3. The zero-order chi connectivity index (χ0) is 24.4. The van der Waals surface area contributed by atoms with E-state index in [4.69, 9.17) is 11.4 Å². The Morgan fingerprint density at radius 3 is 2.66 bits per heavy atom. The first kappa shape index (κ1) is 22.5. The molecule has 2 aromatic heterocycles. The number of likely N-dealkylation sites (tertiary alicyclic amines) is 1. The summed E-state index contributed by atoms with van der Waals surface area (Å²) in [5.41, 5.74) is 4.62. The van der Waals surface area contributed by atoms with E-state index in [1.807, 2.05) is 65.1 Å². The Labute approximate surface area is 203 Å². The number of piperidine rings is 1. The zero-order valence-electron chi connectivity index (χ0n) is 19.5. The van der Waals surface area contributed by atoms with Crippen molar-refractivity contribution in [3.8, 4) is 18.0 Å². The van der Waals surface area contributed by atoms with Crippen LogP contribution in [0.15, 0.2) is 78.0 Å². The van der Waals surface area contributed by atoms with E-state index in [0.29, 0.717) is 30.0 Å². The molecule has 5 nitrogen and oxygen atoms in total. The third-order valence-corrected chi connectivity index (χ3v) is 6.53. The summed E-state index contributed by atoms with van der Waals surface area (Å²) >= 11 is 0. The number of rotatable bonds is 4. The molecule has 1 saturated heterocycles. The van der Waals surface area contributed by atoms with Crippen molar-refractivity contribution >= 4 is 28.3 Å². The van der Waals surface area contributed by atoms with Crippen molar-refractivity contribution in [1.29, 1.82) is 0 Å². The summed E-state index contributed by atoms with van der Waals surface area (Å²) in [6.45, 7) is 3.24. The summed E-state index contributed by atoms with van der Waals surface area (Å²) in [4.78, 5) is 24.3. The van der Waals surface area contributed by atoms with Gasteiger partial charge in [0.2, 0.25) is 0 Å². The van der Waals surface area contributed by atoms with Gasteiger partial charge >= 0.3 is 0 Å². The lowest BCUT2D eigenvalue weighted by atomic mass is 9.91. The number of carbonyl (C=O) groups is 1. The second-order valence-corrected chi connectivity index (χ2v) is 8.80. The second-order valence-electron chi connectivity index (χ2n) is 8.80.